The van der Waals surface area contributed by atoms with Crippen LogP contribution in [0.5, 0.6) is 0 Å². The van der Waals surface area contributed by atoms with E-state index in [4.69, 9.17) is 11.6 Å². The van der Waals surface area contributed by atoms with Crippen LogP contribution in [0, 0.1) is 11.3 Å². The monoisotopic (exact) mass is 355 g/mol. The maximum Gasteiger partial charge on any atom is 0.416 e. The molecule has 5 nitrogen and oxygen atoms in total. The van der Waals surface area contributed by atoms with Gasteiger partial charge in [0.25, 0.3) is 0 Å². The number of nitriles is 1. The van der Waals surface area contributed by atoms with E-state index in [1.165, 1.54) is 22.0 Å². The third kappa shape index (κ3) is 3.51. The van der Waals surface area contributed by atoms with Gasteiger partial charge in [-0.15, -0.1) is 0 Å². The molecule has 2 aromatic rings. The van der Waals surface area contributed by atoms with E-state index < -0.39 is 11.7 Å². The van der Waals surface area contributed by atoms with E-state index >= 15 is 0 Å². The highest BCUT2D eigenvalue weighted by atomic mass is 35.5. The lowest BCUT2D eigenvalue weighted by Crippen LogP contribution is -2.15. The van der Waals surface area contributed by atoms with Crippen molar-refractivity contribution in [3.8, 4) is 11.8 Å². The number of hydrogen-bond acceptors (Lipinski definition) is 4. The van der Waals surface area contributed by atoms with Gasteiger partial charge < -0.3 is 0 Å². The number of nitrogens with zero attached hydrogens (tertiary/aromatic N) is 5. The van der Waals surface area contributed by atoms with Crippen LogP contribution in [0.25, 0.3) is 5.69 Å². The second kappa shape index (κ2) is 6.93. The second-order valence-corrected chi connectivity index (χ2v) is 5.21. The van der Waals surface area contributed by atoms with Crippen LogP contribution >= 0.6 is 11.6 Å². The minimum Gasteiger partial charge on any atom is -0.250 e. The molecule has 9 heteroatoms. The van der Waals surface area contributed by atoms with Crippen LogP contribution in [0.15, 0.2) is 29.5 Å². The first-order chi connectivity index (χ1) is 11.3. The Kier molecular flexibility index (Phi) is 5.14. The summed E-state index contributed by atoms with van der Waals surface area (Å²) in [6.07, 6.45) is -0.870. The Labute approximate surface area is 141 Å². The normalized spacial score (nSPS) is 11.7. The molecule has 126 valence electrons. The van der Waals surface area contributed by atoms with E-state index in [0.29, 0.717) is 12.2 Å². The molecule has 1 heterocycles. The smallest absolute Gasteiger partial charge is 0.250 e. The van der Waals surface area contributed by atoms with Gasteiger partial charge in [0.15, 0.2) is 5.82 Å². The van der Waals surface area contributed by atoms with E-state index in [1.807, 2.05) is 13.0 Å². The standard InChI is InChI=1S/C15H13ClF3N5/c1-3-6-21-23(2)14-10(8-20)9-22-24(14)13-5-4-11(7-12(13)16)15(17,18)19/h4-7,9H,3H2,1-2H3. The predicted molar refractivity (Wildman–Crippen MR) is 85.5 cm³/mol. The fraction of sp³-hybridized carbons (Fsp3) is 0.267. The van der Waals surface area contributed by atoms with Crippen molar-refractivity contribution in [3.63, 3.8) is 0 Å². The molecule has 0 N–H and O–H groups in total. The van der Waals surface area contributed by atoms with Crippen molar-refractivity contribution in [2.45, 2.75) is 19.5 Å². The summed E-state index contributed by atoms with van der Waals surface area (Å²) in [5, 5.41) is 18.7. The van der Waals surface area contributed by atoms with Crippen molar-refractivity contribution >= 4 is 23.6 Å². The molecular weight excluding hydrogens is 343 g/mol. The van der Waals surface area contributed by atoms with Gasteiger partial charge in [-0.25, -0.2) is 4.68 Å². The Balaban J connectivity index is 2.56. The maximum atomic E-state index is 12.8. The highest BCUT2D eigenvalue weighted by Gasteiger charge is 2.31. The summed E-state index contributed by atoms with van der Waals surface area (Å²) in [6.45, 7) is 1.90. The van der Waals surface area contributed by atoms with Crippen molar-refractivity contribution in [1.82, 2.24) is 9.78 Å². The third-order valence-electron chi connectivity index (χ3n) is 3.11. The molecule has 0 aliphatic rings. The minimum absolute atomic E-state index is 0.133. The van der Waals surface area contributed by atoms with Gasteiger partial charge in [-0.1, -0.05) is 18.5 Å². The van der Waals surface area contributed by atoms with Crippen LogP contribution in [-0.2, 0) is 6.18 Å². The molecule has 0 unspecified atom stereocenters. The molecule has 0 aliphatic carbocycles. The van der Waals surface area contributed by atoms with E-state index in [1.54, 1.807) is 13.3 Å². The van der Waals surface area contributed by atoms with Gasteiger partial charge in [-0.2, -0.15) is 28.6 Å². The molecule has 0 atom stereocenters. The SMILES string of the molecule is CCC=NN(C)c1c(C#N)cnn1-c1ccc(C(F)(F)F)cc1Cl. The fourth-order valence-electron chi connectivity index (χ4n) is 2.02. The Bertz CT molecular complexity index is 804. The zero-order valence-corrected chi connectivity index (χ0v) is 13.6. The Morgan fingerprint density at radius 1 is 1.46 bits per heavy atom. The van der Waals surface area contributed by atoms with Gasteiger partial charge in [0.2, 0.25) is 0 Å². The number of benzene rings is 1. The number of hydrazone groups is 1. The second-order valence-electron chi connectivity index (χ2n) is 4.80. The summed E-state index contributed by atoms with van der Waals surface area (Å²) in [6, 6.07) is 4.92. The van der Waals surface area contributed by atoms with Crippen LogP contribution in [0.1, 0.15) is 24.5 Å². The molecule has 0 saturated carbocycles. The number of aromatic nitrogens is 2. The summed E-state index contributed by atoms with van der Waals surface area (Å²) in [5.74, 6) is 0.309. The molecule has 0 saturated heterocycles. The van der Waals surface area contributed by atoms with Crippen LogP contribution in [0.3, 0.4) is 0 Å². The summed E-state index contributed by atoms with van der Waals surface area (Å²) >= 11 is 6.00. The average Bonchev–Trinajstić information content (AvgIpc) is 2.95. The summed E-state index contributed by atoms with van der Waals surface area (Å²) in [5.41, 5.74) is -0.413. The lowest BCUT2D eigenvalue weighted by Gasteiger charge is -2.17. The van der Waals surface area contributed by atoms with Crippen molar-refractivity contribution in [2.24, 2.45) is 5.10 Å². The molecule has 0 radical (unpaired) electrons. The van der Waals surface area contributed by atoms with Gasteiger partial charge in [0, 0.05) is 13.3 Å². The zero-order chi connectivity index (χ0) is 17.9. The lowest BCUT2D eigenvalue weighted by atomic mass is 10.2. The van der Waals surface area contributed by atoms with Crippen molar-refractivity contribution in [3.05, 3.63) is 40.5 Å². The Morgan fingerprint density at radius 3 is 2.71 bits per heavy atom. The first-order valence-electron chi connectivity index (χ1n) is 6.91. The molecule has 1 aromatic heterocycles. The quantitative estimate of drug-likeness (QED) is 0.608. The van der Waals surface area contributed by atoms with E-state index in [-0.39, 0.29) is 16.3 Å². The van der Waals surface area contributed by atoms with Crippen LogP contribution < -0.4 is 5.01 Å². The predicted octanol–water partition coefficient (Wildman–Crippen LogP) is 4.25. The molecule has 1 aromatic carbocycles. The summed E-state index contributed by atoms with van der Waals surface area (Å²) in [7, 11) is 1.61. The number of halogens is 4. The van der Waals surface area contributed by atoms with E-state index in [9.17, 15) is 18.4 Å². The molecule has 0 spiro atoms. The topological polar surface area (TPSA) is 57.2 Å². The number of anilines is 1. The van der Waals surface area contributed by atoms with Gasteiger partial charge in [0.1, 0.15) is 11.6 Å². The Morgan fingerprint density at radius 2 is 2.17 bits per heavy atom. The molecular formula is C15H13ClF3N5. The van der Waals surface area contributed by atoms with Crippen LogP contribution in [0.4, 0.5) is 19.0 Å². The molecule has 0 aliphatic heterocycles. The summed E-state index contributed by atoms with van der Waals surface area (Å²) in [4.78, 5) is 0. The Hall–Kier alpha value is -2.53. The highest BCUT2D eigenvalue weighted by Crippen LogP contribution is 2.34. The molecule has 0 amide bonds. The average molecular weight is 356 g/mol. The lowest BCUT2D eigenvalue weighted by molar-refractivity contribution is -0.137. The maximum absolute atomic E-state index is 12.8. The van der Waals surface area contributed by atoms with Crippen LogP contribution in [-0.4, -0.2) is 23.0 Å². The van der Waals surface area contributed by atoms with Gasteiger partial charge in [-0.3, -0.25) is 5.01 Å². The van der Waals surface area contributed by atoms with Gasteiger partial charge in [0.05, 0.1) is 22.5 Å². The molecule has 0 bridgehead atoms. The van der Waals surface area contributed by atoms with Gasteiger partial charge in [-0.05, 0) is 24.6 Å². The van der Waals surface area contributed by atoms with Crippen molar-refractivity contribution in [1.29, 1.82) is 5.26 Å². The third-order valence-corrected chi connectivity index (χ3v) is 3.41. The summed E-state index contributed by atoms with van der Waals surface area (Å²) < 4.78 is 39.6. The molecule has 2 rings (SSSR count). The van der Waals surface area contributed by atoms with E-state index in [2.05, 4.69) is 10.2 Å². The number of alkyl halides is 3. The molecule has 0 fully saturated rings. The van der Waals surface area contributed by atoms with Gasteiger partial charge >= 0.3 is 6.18 Å². The molecule has 24 heavy (non-hydrogen) atoms. The number of hydrogen-bond donors (Lipinski definition) is 0. The van der Waals surface area contributed by atoms with Crippen LogP contribution in [0.2, 0.25) is 5.02 Å². The van der Waals surface area contributed by atoms with E-state index in [0.717, 1.165) is 12.1 Å². The van der Waals surface area contributed by atoms with Crippen molar-refractivity contribution < 1.29 is 13.2 Å². The first-order valence-corrected chi connectivity index (χ1v) is 7.28. The minimum atomic E-state index is -4.49. The number of rotatable bonds is 4. The zero-order valence-electron chi connectivity index (χ0n) is 12.8. The van der Waals surface area contributed by atoms with Crippen molar-refractivity contribution in [2.75, 3.05) is 12.1 Å². The largest absolute Gasteiger partial charge is 0.416 e. The first kappa shape index (κ1) is 17.8. The fourth-order valence-corrected chi connectivity index (χ4v) is 2.28. The highest BCUT2D eigenvalue weighted by molar-refractivity contribution is 6.32.